The minimum atomic E-state index is -0.927. The third-order valence-corrected chi connectivity index (χ3v) is 5.96. The Hall–Kier alpha value is -2.02. The van der Waals surface area contributed by atoms with Gasteiger partial charge in [-0.25, -0.2) is 0 Å². The van der Waals surface area contributed by atoms with E-state index in [0.717, 1.165) is 30.7 Å². The molecule has 2 fully saturated rings. The van der Waals surface area contributed by atoms with Crippen molar-refractivity contribution in [1.82, 2.24) is 19.8 Å². The molecular weight excluding hydrogens is 344 g/mol. The largest absolute Gasteiger partial charge is 0.383 e. The molecule has 2 aliphatic heterocycles. The number of hydrogen-bond donors (Lipinski definition) is 1. The first-order chi connectivity index (χ1) is 12.8. The van der Waals surface area contributed by atoms with Crippen LogP contribution in [0.25, 0.3) is 0 Å². The van der Waals surface area contributed by atoms with Gasteiger partial charge in [-0.15, -0.1) is 0 Å². The van der Waals surface area contributed by atoms with Crippen molar-refractivity contribution in [2.24, 2.45) is 11.3 Å². The highest BCUT2D eigenvalue weighted by Gasteiger charge is 2.42. The quantitative estimate of drug-likeness (QED) is 0.864. The number of carbonyl (C=O) groups is 2. The number of aryl methyl sites for hydroxylation is 1. The van der Waals surface area contributed by atoms with E-state index >= 15 is 0 Å². The van der Waals surface area contributed by atoms with Crippen LogP contribution in [-0.2, 0) is 16.1 Å². The fraction of sp³-hybridized carbons (Fsp3) is 0.700. The van der Waals surface area contributed by atoms with Crippen LogP contribution in [0.4, 0.5) is 0 Å². The van der Waals surface area contributed by atoms with Gasteiger partial charge in [0.2, 0.25) is 5.91 Å². The van der Waals surface area contributed by atoms with Gasteiger partial charge >= 0.3 is 0 Å². The van der Waals surface area contributed by atoms with Crippen LogP contribution in [-0.4, -0.2) is 62.4 Å². The summed E-state index contributed by atoms with van der Waals surface area (Å²) in [6, 6.07) is 0. The summed E-state index contributed by atoms with van der Waals surface area (Å²) in [4.78, 5) is 37.1. The molecule has 2 saturated heterocycles. The highest BCUT2D eigenvalue weighted by molar-refractivity contribution is 5.81. The van der Waals surface area contributed by atoms with Crippen LogP contribution in [0.3, 0.4) is 0 Å². The third-order valence-electron chi connectivity index (χ3n) is 5.96. The van der Waals surface area contributed by atoms with Crippen LogP contribution in [0.15, 0.2) is 12.4 Å². The van der Waals surface area contributed by atoms with Crippen molar-refractivity contribution in [3.8, 4) is 0 Å². The van der Waals surface area contributed by atoms with Crippen molar-refractivity contribution < 1.29 is 14.7 Å². The average Bonchev–Trinajstić information content (AvgIpc) is 2.66. The molecule has 0 radical (unpaired) electrons. The molecule has 0 aromatic carbocycles. The maximum atomic E-state index is 12.4. The van der Waals surface area contributed by atoms with E-state index < -0.39 is 6.10 Å². The number of rotatable bonds is 4. The zero-order chi connectivity index (χ0) is 19.6. The molecule has 148 valence electrons. The van der Waals surface area contributed by atoms with Gasteiger partial charge in [-0.1, -0.05) is 13.8 Å². The molecule has 1 N–H and O–H groups in total. The van der Waals surface area contributed by atoms with Gasteiger partial charge in [-0.3, -0.25) is 19.6 Å². The maximum Gasteiger partial charge on any atom is 0.251 e. The molecule has 1 spiro atoms. The summed E-state index contributed by atoms with van der Waals surface area (Å²) >= 11 is 0. The number of aliphatic hydroxyl groups excluding tert-OH is 1. The highest BCUT2D eigenvalue weighted by Crippen LogP contribution is 2.40. The summed E-state index contributed by atoms with van der Waals surface area (Å²) in [7, 11) is 0. The number of hydrogen-bond acceptors (Lipinski definition) is 5. The van der Waals surface area contributed by atoms with Crippen LogP contribution in [0.2, 0.25) is 0 Å². The number of carbonyl (C=O) groups excluding carboxylic acids is 2. The van der Waals surface area contributed by atoms with Crippen molar-refractivity contribution in [2.75, 3.05) is 19.6 Å². The molecule has 3 rings (SSSR count). The minimum Gasteiger partial charge on any atom is -0.383 e. The Morgan fingerprint density at radius 1 is 1.22 bits per heavy atom. The maximum absolute atomic E-state index is 12.4. The number of aliphatic hydroxyl groups is 1. The topological polar surface area (TPSA) is 86.6 Å². The Bertz CT molecular complexity index is 681. The normalized spacial score (nSPS) is 21.0. The summed E-state index contributed by atoms with van der Waals surface area (Å²) in [5.74, 6) is -0.0814. The lowest BCUT2D eigenvalue weighted by Crippen LogP contribution is -2.53. The van der Waals surface area contributed by atoms with Crippen molar-refractivity contribution in [2.45, 2.75) is 59.1 Å². The summed E-state index contributed by atoms with van der Waals surface area (Å²) < 4.78 is 0. The second-order valence-electron chi connectivity index (χ2n) is 8.41. The van der Waals surface area contributed by atoms with E-state index in [9.17, 15) is 14.7 Å². The fourth-order valence-corrected chi connectivity index (χ4v) is 4.02. The van der Waals surface area contributed by atoms with E-state index in [0.29, 0.717) is 32.6 Å². The molecule has 0 aliphatic carbocycles. The molecule has 27 heavy (non-hydrogen) atoms. The molecule has 2 amide bonds. The van der Waals surface area contributed by atoms with E-state index in [1.54, 1.807) is 17.3 Å². The predicted octanol–water partition coefficient (Wildman–Crippen LogP) is 1.53. The molecule has 1 unspecified atom stereocenters. The summed E-state index contributed by atoms with van der Waals surface area (Å²) in [6.45, 7) is 8.09. The van der Waals surface area contributed by atoms with Gasteiger partial charge in [-0.05, 0) is 37.5 Å². The van der Waals surface area contributed by atoms with Crippen LogP contribution in [0.5, 0.6) is 0 Å². The lowest BCUT2D eigenvalue weighted by Gasteiger charge is -2.47. The number of likely N-dealkylation sites (tertiary alicyclic amines) is 2. The van der Waals surface area contributed by atoms with Gasteiger partial charge < -0.3 is 14.9 Å². The first-order valence-corrected chi connectivity index (χ1v) is 9.82. The Labute approximate surface area is 160 Å². The number of piperidine rings is 2. The Balaban J connectivity index is 1.61. The molecule has 7 heteroatoms. The van der Waals surface area contributed by atoms with E-state index in [-0.39, 0.29) is 23.1 Å². The number of nitrogens with zero attached hydrogens (tertiary/aromatic N) is 4. The van der Waals surface area contributed by atoms with E-state index in [4.69, 9.17) is 0 Å². The second-order valence-corrected chi connectivity index (χ2v) is 8.41. The third kappa shape index (κ3) is 4.46. The zero-order valence-corrected chi connectivity index (χ0v) is 16.5. The van der Waals surface area contributed by atoms with E-state index in [1.807, 2.05) is 25.7 Å². The fourth-order valence-electron chi connectivity index (χ4n) is 4.02. The Morgan fingerprint density at radius 2 is 1.93 bits per heavy atom. The smallest absolute Gasteiger partial charge is 0.251 e. The highest BCUT2D eigenvalue weighted by atomic mass is 16.3. The van der Waals surface area contributed by atoms with Gasteiger partial charge in [0.25, 0.3) is 5.91 Å². The molecule has 3 heterocycles. The average molecular weight is 374 g/mol. The lowest BCUT2D eigenvalue weighted by molar-refractivity contribution is -0.148. The van der Waals surface area contributed by atoms with Gasteiger partial charge in [0.15, 0.2) is 0 Å². The van der Waals surface area contributed by atoms with Gasteiger partial charge in [-0.2, -0.15) is 0 Å². The standard InChI is InChI=1S/C20H30N4O3/c1-14(2)18(26)19(27)23-8-6-20(7-9-23)5-4-17(25)24(13-20)12-16-11-21-15(3)10-22-16/h10-11,14,18,26H,4-9,12-13H2,1-3H3. The van der Waals surface area contributed by atoms with Crippen molar-refractivity contribution in [3.63, 3.8) is 0 Å². The van der Waals surface area contributed by atoms with Crippen molar-refractivity contribution in [1.29, 1.82) is 0 Å². The first-order valence-electron chi connectivity index (χ1n) is 9.82. The number of amides is 2. The molecule has 2 aliphatic rings. The Morgan fingerprint density at radius 3 is 2.52 bits per heavy atom. The predicted molar refractivity (Wildman–Crippen MR) is 101 cm³/mol. The van der Waals surface area contributed by atoms with E-state index in [1.165, 1.54) is 0 Å². The van der Waals surface area contributed by atoms with Crippen molar-refractivity contribution in [3.05, 3.63) is 23.8 Å². The van der Waals surface area contributed by atoms with Gasteiger partial charge in [0.1, 0.15) is 6.10 Å². The van der Waals surface area contributed by atoms with Crippen LogP contribution < -0.4 is 0 Å². The molecule has 1 aromatic heterocycles. The minimum absolute atomic E-state index is 0.0611. The van der Waals surface area contributed by atoms with Crippen molar-refractivity contribution >= 4 is 11.8 Å². The SMILES string of the molecule is Cc1cnc(CN2CC3(CCC2=O)CCN(C(=O)C(O)C(C)C)CC3)cn1. The molecular formula is C20H30N4O3. The number of aromatic nitrogens is 2. The first kappa shape index (κ1) is 19.7. The van der Waals surface area contributed by atoms with Gasteiger partial charge in [0.05, 0.1) is 24.1 Å². The second kappa shape index (κ2) is 7.92. The lowest BCUT2D eigenvalue weighted by atomic mass is 9.72. The van der Waals surface area contributed by atoms with Crippen LogP contribution in [0, 0.1) is 18.3 Å². The molecule has 0 saturated carbocycles. The molecule has 1 aromatic rings. The summed E-state index contributed by atoms with van der Waals surface area (Å²) in [6.07, 6.45) is 5.68. The summed E-state index contributed by atoms with van der Waals surface area (Å²) in [5.41, 5.74) is 1.73. The Kier molecular flexibility index (Phi) is 5.79. The van der Waals surface area contributed by atoms with Crippen LogP contribution in [0.1, 0.15) is 50.9 Å². The van der Waals surface area contributed by atoms with Crippen LogP contribution >= 0.6 is 0 Å². The molecule has 1 atom stereocenters. The summed E-state index contributed by atoms with van der Waals surface area (Å²) in [5, 5.41) is 10.1. The monoisotopic (exact) mass is 374 g/mol. The zero-order valence-electron chi connectivity index (χ0n) is 16.5. The van der Waals surface area contributed by atoms with E-state index in [2.05, 4.69) is 9.97 Å². The molecule has 0 bridgehead atoms. The van der Waals surface area contributed by atoms with Gasteiger partial charge in [0, 0.05) is 32.3 Å². The molecule has 7 nitrogen and oxygen atoms in total.